The van der Waals surface area contributed by atoms with Gasteiger partial charge in [-0.1, -0.05) is 54.1 Å². The van der Waals surface area contributed by atoms with Gasteiger partial charge in [-0.2, -0.15) is 0 Å². The molecule has 2 atom stereocenters. The number of aliphatic imine (C=N–C) groups is 1. The lowest BCUT2D eigenvalue weighted by atomic mass is 9.77. The minimum Gasteiger partial charge on any atom is -0.394 e. The molecule has 100 valence electrons. The van der Waals surface area contributed by atoms with Crippen molar-refractivity contribution >= 4 is 17.8 Å². The third-order valence-corrected chi connectivity index (χ3v) is 3.43. The summed E-state index contributed by atoms with van der Waals surface area (Å²) in [6.07, 6.45) is 7.36. The van der Waals surface area contributed by atoms with Crippen molar-refractivity contribution in [2.24, 2.45) is 16.6 Å². The van der Waals surface area contributed by atoms with Gasteiger partial charge < -0.3 is 10.8 Å². The summed E-state index contributed by atoms with van der Waals surface area (Å²) in [6, 6.07) is 9.85. The van der Waals surface area contributed by atoms with Crippen LogP contribution >= 0.6 is 11.6 Å². The average Bonchev–Trinajstić information content (AvgIpc) is 2.44. The second kappa shape index (κ2) is 6.15. The minimum absolute atomic E-state index is 0.0272. The molecule has 0 radical (unpaired) electrons. The zero-order valence-corrected chi connectivity index (χ0v) is 11.3. The Morgan fingerprint density at radius 3 is 2.79 bits per heavy atom. The molecule has 0 heterocycles. The van der Waals surface area contributed by atoms with Gasteiger partial charge in [0.05, 0.1) is 18.7 Å². The SMILES string of the molecule is NC1(c2ccccc2)C=CC(Cl)=CC1C=NCCO. The van der Waals surface area contributed by atoms with Crippen LogP contribution in [0, 0.1) is 5.92 Å². The minimum atomic E-state index is -0.654. The average molecular weight is 277 g/mol. The van der Waals surface area contributed by atoms with Crippen molar-refractivity contribution in [3.8, 4) is 0 Å². The molecule has 0 fully saturated rings. The van der Waals surface area contributed by atoms with Crippen LogP contribution in [0.4, 0.5) is 0 Å². The number of hydrogen-bond donors (Lipinski definition) is 2. The molecule has 0 saturated heterocycles. The summed E-state index contributed by atoms with van der Waals surface area (Å²) in [5, 5.41) is 9.44. The zero-order chi connectivity index (χ0) is 13.7. The van der Waals surface area contributed by atoms with Crippen LogP contribution < -0.4 is 5.73 Å². The first kappa shape index (κ1) is 14.0. The highest BCUT2D eigenvalue weighted by molar-refractivity contribution is 6.31. The van der Waals surface area contributed by atoms with Crippen LogP contribution in [0.25, 0.3) is 0 Å². The van der Waals surface area contributed by atoms with E-state index in [1.165, 1.54) is 0 Å². The van der Waals surface area contributed by atoms with Crippen molar-refractivity contribution in [3.63, 3.8) is 0 Å². The Kier molecular flexibility index (Phi) is 4.53. The maximum Gasteiger partial charge on any atom is 0.0713 e. The van der Waals surface area contributed by atoms with Gasteiger partial charge in [0.1, 0.15) is 0 Å². The van der Waals surface area contributed by atoms with Crippen molar-refractivity contribution in [1.82, 2.24) is 0 Å². The number of hydrogen-bond acceptors (Lipinski definition) is 3. The first-order valence-electron chi connectivity index (χ1n) is 6.18. The van der Waals surface area contributed by atoms with E-state index in [4.69, 9.17) is 22.4 Å². The van der Waals surface area contributed by atoms with E-state index in [9.17, 15) is 0 Å². The second-order valence-corrected chi connectivity index (χ2v) is 4.93. The summed E-state index contributed by atoms with van der Waals surface area (Å²) in [4.78, 5) is 4.18. The van der Waals surface area contributed by atoms with Gasteiger partial charge in [-0.15, -0.1) is 0 Å². The number of rotatable bonds is 4. The van der Waals surface area contributed by atoms with Crippen molar-refractivity contribution in [3.05, 3.63) is 59.2 Å². The fourth-order valence-electron chi connectivity index (χ4n) is 2.12. The second-order valence-electron chi connectivity index (χ2n) is 4.49. The molecule has 19 heavy (non-hydrogen) atoms. The highest BCUT2D eigenvalue weighted by Gasteiger charge is 2.34. The normalized spacial score (nSPS) is 26.7. The highest BCUT2D eigenvalue weighted by Crippen LogP contribution is 2.34. The maximum atomic E-state index is 8.79. The molecule has 3 nitrogen and oxygen atoms in total. The number of halogens is 1. The number of nitrogens with zero attached hydrogens (tertiary/aromatic N) is 1. The number of aliphatic hydroxyl groups is 1. The Balaban J connectivity index is 2.34. The van der Waals surface area contributed by atoms with Crippen LogP contribution in [0.5, 0.6) is 0 Å². The van der Waals surface area contributed by atoms with Crippen LogP contribution in [0.3, 0.4) is 0 Å². The van der Waals surface area contributed by atoms with Gasteiger partial charge in [-0.05, 0) is 11.6 Å². The predicted octanol–water partition coefficient (Wildman–Crippen LogP) is 2.21. The van der Waals surface area contributed by atoms with Crippen molar-refractivity contribution in [2.75, 3.05) is 13.2 Å². The Labute approximate surface area is 118 Å². The van der Waals surface area contributed by atoms with Gasteiger partial charge in [0, 0.05) is 17.2 Å². The van der Waals surface area contributed by atoms with E-state index in [2.05, 4.69) is 4.99 Å². The summed E-state index contributed by atoms with van der Waals surface area (Å²) in [7, 11) is 0. The lowest BCUT2D eigenvalue weighted by Crippen LogP contribution is -2.43. The van der Waals surface area contributed by atoms with Gasteiger partial charge >= 0.3 is 0 Å². The third kappa shape index (κ3) is 3.13. The molecule has 0 bridgehead atoms. The predicted molar refractivity (Wildman–Crippen MR) is 79.3 cm³/mol. The van der Waals surface area contributed by atoms with Crippen LogP contribution in [0.2, 0.25) is 0 Å². The molecule has 0 amide bonds. The molecule has 1 aliphatic rings. The van der Waals surface area contributed by atoms with Crippen molar-refractivity contribution < 1.29 is 5.11 Å². The molecule has 0 aliphatic heterocycles. The van der Waals surface area contributed by atoms with E-state index in [-0.39, 0.29) is 12.5 Å². The first-order chi connectivity index (χ1) is 9.16. The topological polar surface area (TPSA) is 58.6 Å². The first-order valence-corrected chi connectivity index (χ1v) is 6.56. The van der Waals surface area contributed by atoms with E-state index in [0.29, 0.717) is 11.6 Å². The van der Waals surface area contributed by atoms with Crippen LogP contribution in [0.1, 0.15) is 5.56 Å². The summed E-state index contributed by atoms with van der Waals surface area (Å²) in [5.74, 6) is -0.126. The maximum absolute atomic E-state index is 8.79. The molecule has 0 spiro atoms. The quantitative estimate of drug-likeness (QED) is 0.829. The molecule has 1 aliphatic carbocycles. The molecular weight excluding hydrogens is 260 g/mol. The van der Waals surface area contributed by atoms with E-state index < -0.39 is 5.54 Å². The summed E-state index contributed by atoms with van der Waals surface area (Å²) >= 11 is 6.05. The third-order valence-electron chi connectivity index (χ3n) is 3.18. The number of nitrogens with two attached hydrogens (primary N) is 1. The van der Waals surface area contributed by atoms with Crippen LogP contribution in [0.15, 0.2) is 58.6 Å². The van der Waals surface area contributed by atoms with E-state index >= 15 is 0 Å². The molecule has 0 saturated carbocycles. The fraction of sp³-hybridized carbons (Fsp3) is 0.267. The lowest BCUT2D eigenvalue weighted by molar-refractivity contribution is 0.306. The highest BCUT2D eigenvalue weighted by atomic mass is 35.5. The molecule has 1 aromatic carbocycles. The smallest absolute Gasteiger partial charge is 0.0713 e. The van der Waals surface area contributed by atoms with Gasteiger partial charge in [0.25, 0.3) is 0 Å². The van der Waals surface area contributed by atoms with Crippen LogP contribution in [-0.2, 0) is 5.54 Å². The molecule has 0 aromatic heterocycles. The van der Waals surface area contributed by atoms with Crippen LogP contribution in [-0.4, -0.2) is 24.5 Å². The standard InChI is InChI=1S/C15H17ClN2O/c16-14-6-7-15(17,12-4-2-1-3-5-12)13(10-14)11-18-8-9-19/h1-7,10-11,13,19H,8-9,17H2. The number of aliphatic hydroxyl groups excluding tert-OH is 1. The van der Waals surface area contributed by atoms with Crippen molar-refractivity contribution in [2.45, 2.75) is 5.54 Å². The Morgan fingerprint density at radius 2 is 2.11 bits per heavy atom. The van der Waals surface area contributed by atoms with E-state index in [1.54, 1.807) is 6.21 Å². The summed E-state index contributed by atoms with van der Waals surface area (Å²) in [5.41, 5.74) is 6.88. The zero-order valence-electron chi connectivity index (χ0n) is 10.5. The van der Waals surface area contributed by atoms with E-state index in [1.807, 2.05) is 48.6 Å². The molecule has 2 rings (SSSR count). The molecule has 3 N–H and O–H groups in total. The van der Waals surface area contributed by atoms with Gasteiger partial charge in [-0.3, -0.25) is 4.99 Å². The lowest BCUT2D eigenvalue weighted by Gasteiger charge is -2.34. The Bertz CT molecular complexity index is 510. The van der Waals surface area contributed by atoms with Gasteiger partial charge in [-0.25, -0.2) is 0 Å². The molecular formula is C15H17ClN2O. The van der Waals surface area contributed by atoms with Gasteiger partial charge in [0.2, 0.25) is 0 Å². The van der Waals surface area contributed by atoms with E-state index in [0.717, 1.165) is 5.56 Å². The fourth-order valence-corrected chi connectivity index (χ4v) is 2.32. The summed E-state index contributed by atoms with van der Waals surface area (Å²) in [6.45, 7) is 0.399. The summed E-state index contributed by atoms with van der Waals surface area (Å²) < 4.78 is 0. The van der Waals surface area contributed by atoms with Crippen molar-refractivity contribution in [1.29, 1.82) is 0 Å². The monoisotopic (exact) mass is 276 g/mol. The number of benzene rings is 1. The van der Waals surface area contributed by atoms with Gasteiger partial charge in [0.15, 0.2) is 0 Å². The molecule has 4 heteroatoms. The Morgan fingerprint density at radius 1 is 1.37 bits per heavy atom. The molecule has 2 unspecified atom stereocenters. The Hall–Kier alpha value is -1.42. The largest absolute Gasteiger partial charge is 0.394 e. The number of allylic oxidation sites excluding steroid dienone is 2. The molecule has 1 aromatic rings.